The van der Waals surface area contributed by atoms with E-state index in [-0.39, 0.29) is 11.9 Å². The number of piperidine rings is 1. The van der Waals surface area contributed by atoms with Gasteiger partial charge in [-0.25, -0.2) is 0 Å². The minimum absolute atomic E-state index is 0.0781. The summed E-state index contributed by atoms with van der Waals surface area (Å²) in [5.41, 5.74) is 2.42. The molecule has 1 atom stereocenters. The van der Waals surface area contributed by atoms with Crippen LogP contribution in [0.3, 0.4) is 0 Å². The van der Waals surface area contributed by atoms with E-state index in [2.05, 4.69) is 34.5 Å². The molecule has 0 radical (unpaired) electrons. The van der Waals surface area contributed by atoms with Gasteiger partial charge >= 0.3 is 0 Å². The third-order valence-corrected chi connectivity index (χ3v) is 4.00. The number of hydrogen-bond acceptors (Lipinski definition) is 4. The Kier molecular flexibility index (Phi) is 3.48. The van der Waals surface area contributed by atoms with Crippen molar-refractivity contribution in [1.82, 2.24) is 5.32 Å². The Bertz CT molecular complexity index is 424. The van der Waals surface area contributed by atoms with E-state index < -0.39 is 0 Å². The molecule has 0 amide bonds. The van der Waals surface area contributed by atoms with E-state index in [1.807, 2.05) is 14.1 Å². The van der Waals surface area contributed by atoms with E-state index in [1.54, 1.807) is 0 Å². The van der Waals surface area contributed by atoms with Gasteiger partial charge in [0.2, 0.25) is 0 Å². The van der Waals surface area contributed by atoms with Crippen LogP contribution in [0, 0.1) is 0 Å². The van der Waals surface area contributed by atoms with Gasteiger partial charge in [-0.05, 0) is 17.7 Å². The summed E-state index contributed by atoms with van der Waals surface area (Å²) in [6.45, 7) is 2.62. The van der Waals surface area contributed by atoms with Gasteiger partial charge in [-0.1, -0.05) is 12.1 Å². The summed E-state index contributed by atoms with van der Waals surface area (Å²) in [4.78, 5) is 2.10. The fraction of sp³-hybridized carbons (Fsp3) is 0.600. The van der Waals surface area contributed by atoms with Gasteiger partial charge in [0.15, 0.2) is 5.79 Å². The van der Waals surface area contributed by atoms with Crippen molar-refractivity contribution in [2.24, 2.45) is 0 Å². The normalized spacial score (nSPS) is 25.7. The van der Waals surface area contributed by atoms with Crippen molar-refractivity contribution in [2.75, 3.05) is 38.7 Å². The van der Waals surface area contributed by atoms with Crippen LogP contribution in [0.25, 0.3) is 0 Å². The lowest BCUT2D eigenvalue weighted by molar-refractivity contribution is -0.183. The van der Waals surface area contributed by atoms with Crippen molar-refractivity contribution in [1.29, 1.82) is 0 Å². The molecule has 2 heterocycles. The zero-order chi connectivity index (χ0) is 13.3. The first-order valence-electron chi connectivity index (χ1n) is 6.98. The molecular formula is C15H22N2O2. The molecule has 2 fully saturated rings. The molecule has 0 aliphatic carbocycles. The van der Waals surface area contributed by atoms with Crippen molar-refractivity contribution in [3.05, 3.63) is 29.8 Å². The smallest absolute Gasteiger partial charge is 0.171 e. The minimum atomic E-state index is -0.337. The molecule has 0 saturated carbocycles. The molecule has 3 rings (SSSR count). The molecule has 0 aromatic heterocycles. The highest BCUT2D eigenvalue weighted by molar-refractivity contribution is 5.46. The van der Waals surface area contributed by atoms with Crippen LogP contribution in [0.5, 0.6) is 0 Å². The third-order valence-electron chi connectivity index (χ3n) is 4.00. The van der Waals surface area contributed by atoms with Crippen LogP contribution < -0.4 is 10.2 Å². The maximum absolute atomic E-state index is 6.20. The summed E-state index contributed by atoms with van der Waals surface area (Å²) < 4.78 is 12.2. The quantitative estimate of drug-likeness (QED) is 0.883. The molecular weight excluding hydrogens is 240 g/mol. The molecule has 104 valence electrons. The lowest BCUT2D eigenvalue weighted by atomic mass is 10.1. The zero-order valence-electron chi connectivity index (χ0n) is 11.7. The second-order valence-electron chi connectivity index (χ2n) is 5.56. The van der Waals surface area contributed by atoms with Crippen LogP contribution in [-0.2, 0) is 9.47 Å². The van der Waals surface area contributed by atoms with Gasteiger partial charge in [0.05, 0.1) is 6.61 Å². The van der Waals surface area contributed by atoms with Gasteiger partial charge in [0.25, 0.3) is 0 Å². The van der Waals surface area contributed by atoms with Gasteiger partial charge in [-0.15, -0.1) is 0 Å². The average Bonchev–Trinajstić information content (AvgIpc) is 2.83. The summed E-state index contributed by atoms with van der Waals surface area (Å²) in [6.07, 6.45) is 1.97. The van der Waals surface area contributed by atoms with E-state index in [0.29, 0.717) is 6.61 Å². The molecule has 1 N–H and O–H groups in total. The molecule has 4 nitrogen and oxygen atoms in total. The molecule has 2 aliphatic heterocycles. The third kappa shape index (κ3) is 2.61. The number of rotatable bonds is 2. The van der Waals surface area contributed by atoms with Crippen molar-refractivity contribution in [3.8, 4) is 0 Å². The molecule has 0 bridgehead atoms. The van der Waals surface area contributed by atoms with E-state index in [1.165, 1.54) is 11.3 Å². The Morgan fingerprint density at radius 1 is 1.16 bits per heavy atom. The number of anilines is 1. The molecule has 1 aromatic carbocycles. The Balaban J connectivity index is 1.70. The monoisotopic (exact) mass is 262 g/mol. The van der Waals surface area contributed by atoms with Crippen LogP contribution in [0.15, 0.2) is 24.3 Å². The molecule has 1 aromatic rings. The molecule has 1 unspecified atom stereocenters. The van der Waals surface area contributed by atoms with Crippen molar-refractivity contribution in [3.63, 3.8) is 0 Å². The zero-order valence-corrected chi connectivity index (χ0v) is 11.7. The van der Waals surface area contributed by atoms with Crippen molar-refractivity contribution < 1.29 is 9.47 Å². The van der Waals surface area contributed by atoms with Gasteiger partial charge in [0.1, 0.15) is 6.10 Å². The highest BCUT2D eigenvalue weighted by Gasteiger charge is 2.42. The Hall–Kier alpha value is -1.10. The molecule has 1 spiro atoms. The van der Waals surface area contributed by atoms with E-state index in [0.717, 1.165) is 25.9 Å². The molecule has 19 heavy (non-hydrogen) atoms. The molecule has 2 saturated heterocycles. The molecule has 4 heteroatoms. The SMILES string of the molecule is CN(C)c1ccc(C2COC3(CCNCC3)O2)cc1. The maximum Gasteiger partial charge on any atom is 0.171 e. The largest absolute Gasteiger partial charge is 0.378 e. The lowest BCUT2D eigenvalue weighted by Crippen LogP contribution is -2.42. The lowest BCUT2D eigenvalue weighted by Gasteiger charge is -2.32. The first-order valence-corrected chi connectivity index (χ1v) is 6.98. The highest BCUT2D eigenvalue weighted by Crippen LogP contribution is 2.38. The number of nitrogens with one attached hydrogen (secondary N) is 1. The number of hydrogen-bond donors (Lipinski definition) is 1. The van der Waals surface area contributed by atoms with E-state index in [4.69, 9.17) is 9.47 Å². The summed E-state index contributed by atoms with van der Waals surface area (Å²) in [5, 5.41) is 3.34. The summed E-state index contributed by atoms with van der Waals surface area (Å²) in [7, 11) is 4.10. The predicted molar refractivity (Wildman–Crippen MR) is 75.4 cm³/mol. The van der Waals surface area contributed by atoms with Crippen LogP contribution in [0.4, 0.5) is 5.69 Å². The first kappa shape index (κ1) is 12.9. The summed E-state index contributed by atoms with van der Waals surface area (Å²) >= 11 is 0. The Labute approximate surface area is 114 Å². The Morgan fingerprint density at radius 3 is 2.47 bits per heavy atom. The highest BCUT2D eigenvalue weighted by atomic mass is 16.7. The van der Waals surface area contributed by atoms with E-state index in [9.17, 15) is 0 Å². The van der Waals surface area contributed by atoms with Crippen LogP contribution >= 0.6 is 0 Å². The van der Waals surface area contributed by atoms with Gasteiger partial charge < -0.3 is 19.7 Å². The van der Waals surface area contributed by atoms with Gasteiger partial charge in [0, 0.05) is 45.7 Å². The van der Waals surface area contributed by atoms with Crippen LogP contribution in [0.1, 0.15) is 24.5 Å². The fourth-order valence-electron chi connectivity index (χ4n) is 2.78. The fourth-order valence-corrected chi connectivity index (χ4v) is 2.78. The maximum atomic E-state index is 6.20. The Morgan fingerprint density at radius 2 is 1.84 bits per heavy atom. The number of ether oxygens (including phenoxy) is 2. The van der Waals surface area contributed by atoms with Crippen LogP contribution in [-0.4, -0.2) is 39.6 Å². The number of benzene rings is 1. The second kappa shape index (κ2) is 5.12. The second-order valence-corrected chi connectivity index (χ2v) is 5.56. The van der Waals surface area contributed by atoms with Crippen molar-refractivity contribution >= 4 is 5.69 Å². The summed E-state index contributed by atoms with van der Waals surface area (Å²) in [6, 6.07) is 8.55. The minimum Gasteiger partial charge on any atom is -0.378 e. The van der Waals surface area contributed by atoms with Crippen molar-refractivity contribution in [2.45, 2.75) is 24.7 Å². The standard InChI is InChI=1S/C15H22N2O2/c1-17(2)13-5-3-12(4-6-13)14-11-18-15(19-14)7-9-16-10-8-15/h3-6,14,16H,7-11H2,1-2H3. The van der Waals surface area contributed by atoms with E-state index >= 15 is 0 Å². The van der Waals surface area contributed by atoms with Crippen LogP contribution in [0.2, 0.25) is 0 Å². The molecule has 2 aliphatic rings. The number of nitrogens with zero attached hydrogens (tertiary/aromatic N) is 1. The predicted octanol–water partition coefficient (Wildman–Crippen LogP) is 1.92. The first-order chi connectivity index (χ1) is 9.19. The van der Waals surface area contributed by atoms with Gasteiger partial charge in [-0.2, -0.15) is 0 Å². The van der Waals surface area contributed by atoms with Gasteiger partial charge in [-0.3, -0.25) is 0 Å². The topological polar surface area (TPSA) is 33.7 Å². The average molecular weight is 262 g/mol. The summed E-state index contributed by atoms with van der Waals surface area (Å²) in [5.74, 6) is -0.337.